The van der Waals surface area contributed by atoms with Crippen LogP contribution in [0.1, 0.15) is 37.8 Å². The molecule has 0 spiro atoms. The van der Waals surface area contributed by atoms with Crippen molar-refractivity contribution in [3.8, 4) is 0 Å². The van der Waals surface area contributed by atoms with E-state index in [1.165, 1.54) is 0 Å². The molecule has 0 amide bonds. The summed E-state index contributed by atoms with van der Waals surface area (Å²) in [5.74, 6) is 0.0403. The van der Waals surface area contributed by atoms with Crippen LogP contribution in [-0.4, -0.2) is 21.5 Å². The van der Waals surface area contributed by atoms with Crippen LogP contribution < -0.4 is 10.0 Å². The third kappa shape index (κ3) is 6.18. The van der Waals surface area contributed by atoms with Crippen LogP contribution >= 0.6 is 0 Å². The monoisotopic (exact) mass is 284 g/mol. The molecule has 0 aliphatic carbocycles. The number of nitrogens with one attached hydrogen (secondary N) is 2. The van der Waals surface area contributed by atoms with Gasteiger partial charge < -0.3 is 5.32 Å². The molecular weight excluding hydrogens is 260 g/mol. The molecule has 1 aromatic carbocycles. The topological polar surface area (TPSA) is 58.2 Å². The molecule has 0 aliphatic rings. The predicted molar refractivity (Wildman–Crippen MR) is 79.3 cm³/mol. The Hall–Kier alpha value is -0.910. The minimum atomic E-state index is -3.26. The molecule has 4 nitrogen and oxygen atoms in total. The minimum Gasteiger partial charge on any atom is -0.316 e. The van der Waals surface area contributed by atoms with Gasteiger partial charge in [0, 0.05) is 12.6 Å². The van der Waals surface area contributed by atoms with Gasteiger partial charge in [-0.15, -0.1) is 0 Å². The molecule has 19 heavy (non-hydrogen) atoms. The Morgan fingerprint density at radius 1 is 1.26 bits per heavy atom. The zero-order valence-corrected chi connectivity index (χ0v) is 12.8. The molecule has 0 fully saturated rings. The number of sulfonamides is 1. The van der Waals surface area contributed by atoms with Crippen LogP contribution in [-0.2, 0) is 22.3 Å². The van der Waals surface area contributed by atoms with E-state index in [2.05, 4.69) is 10.0 Å². The van der Waals surface area contributed by atoms with Crippen LogP contribution in [0.3, 0.4) is 0 Å². The van der Waals surface area contributed by atoms with Crippen molar-refractivity contribution in [3.63, 3.8) is 0 Å². The molecule has 1 aromatic rings. The summed E-state index contributed by atoms with van der Waals surface area (Å²) in [6.45, 7) is 4.69. The van der Waals surface area contributed by atoms with Gasteiger partial charge in [0.1, 0.15) is 0 Å². The van der Waals surface area contributed by atoms with Crippen LogP contribution in [0.25, 0.3) is 0 Å². The first-order valence-corrected chi connectivity index (χ1v) is 8.34. The first kappa shape index (κ1) is 16.1. The third-order valence-electron chi connectivity index (χ3n) is 2.83. The maximum absolute atomic E-state index is 12.0. The van der Waals surface area contributed by atoms with Crippen LogP contribution in [0.4, 0.5) is 0 Å². The molecule has 0 saturated heterocycles. The summed E-state index contributed by atoms with van der Waals surface area (Å²) in [5, 5.41) is 3.06. The van der Waals surface area contributed by atoms with E-state index in [1.54, 1.807) is 0 Å². The summed E-state index contributed by atoms with van der Waals surface area (Å²) in [7, 11) is -1.39. The minimum absolute atomic E-state index is 0.00417. The predicted octanol–water partition coefficient (Wildman–Crippen LogP) is 2.01. The first-order chi connectivity index (χ1) is 8.96. The highest BCUT2D eigenvalue weighted by atomic mass is 32.2. The quantitative estimate of drug-likeness (QED) is 0.768. The largest absolute Gasteiger partial charge is 0.316 e. The second-order valence-corrected chi connectivity index (χ2v) is 6.67. The van der Waals surface area contributed by atoms with Gasteiger partial charge in [0.2, 0.25) is 10.0 Å². The lowest BCUT2D eigenvalue weighted by Gasteiger charge is -2.13. The van der Waals surface area contributed by atoms with E-state index in [-0.39, 0.29) is 11.8 Å². The average Bonchev–Trinajstić information content (AvgIpc) is 2.28. The lowest BCUT2D eigenvalue weighted by Crippen LogP contribution is -2.33. The lowest BCUT2D eigenvalue weighted by molar-refractivity contribution is 0.543. The van der Waals surface area contributed by atoms with Gasteiger partial charge in [-0.1, -0.05) is 37.6 Å². The normalized spacial score (nSPS) is 13.4. The summed E-state index contributed by atoms with van der Waals surface area (Å²) in [6, 6.07) is 7.66. The van der Waals surface area contributed by atoms with Gasteiger partial charge in [-0.3, -0.25) is 0 Å². The Balaban J connectivity index is 2.69. The molecule has 0 radical (unpaired) electrons. The molecule has 0 heterocycles. The van der Waals surface area contributed by atoms with Gasteiger partial charge in [0.05, 0.1) is 5.75 Å². The van der Waals surface area contributed by atoms with Gasteiger partial charge in [-0.25, -0.2) is 13.1 Å². The molecule has 1 rings (SSSR count). The third-order valence-corrected chi connectivity index (χ3v) is 4.31. The summed E-state index contributed by atoms with van der Waals surface area (Å²) in [6.07, 6.45) is 1.83. The van der Waals surface area contributed by atoms with Crippen LogP contribution in [0.15, 0.2) is 24.3 Å². The number of rotatable bonds is 8. The molecule has 0 saturated carbocycles. The Bertz CT molecular complexity index is 486. The fourth-order valence-corrected chi connectivity index (χ4v) is 3.53. The van der Waals surface area contributed by atoms with Crippen molar-refractivity contribution in [1.82, 2.24) is 10.0 Å². The van der Waals surface area contributed by atoms with Crippen molar-refractivity contribution in [2.75, 3.05) is 7.05 Å². The zero-order chi connectivity index (χ0) is 14.3. The van der Waals surface area contributed by atoms with Gasteiger partial charge >= 0.3 is 0 Å². The Morgan fingerprint density at radius 2 is 1.95 bits per heavy atom. The summed E-state index contributed by atoms with van der Waals surface area (Å²) in [4.78, 5) is 0. The second-order valence-electron chi connectivity index (χ2n) is 4.92. The summed E-state index contributed by atoms with van der Waals surface area (Å²) in [5.41, 5.74) is 1.92. The van der Waals surface area contributed by atoms with Crippen molar-refractivity contribution in [2.45, 2.75) is 45.0 Å². The van der Waals surface area contributed by atoms with Gasteiger partial charge in [0.25, 0.3) is 0 Å². The van der Waals surface area contributed by atoms with E-state index in [1.807, 2.05) is 45.2 Å². The summed E-state index contributed by atoms with van der Waals surface area (Å²) >= 11 is 0. The molecule has 0 aromatic heterocycles. The molecule has 1 unspecified atom stereocenters. The van der Waals surface area contributed by atoms with E-state index in [4.69, 9.17) is 0 Å². The fraction of sp³-hybridized carbons (Fsp3) is 0.571. The van der Waals surface area contributed by atoms with Crippen molar-refractivity contribution < 1.29 is 8.42 Å². The van der Waals surface area contributed by atoms with Crippen LogP contribution in [0, 0.1) is 0 Å². The van der Waals surface area contributed by atoms with E-state index in [0.717, 1.165) is 30.5 Å². The lowest BCUT2D eigenvalue weighted by atomic mass is 10.1. The number of hydrogen-bond donors (Lipinski definition) is 2. The highest BCUT2D eigenvalue weighted by molar-refractivity contribution is 7.88. The zero-order valence-electron chi connectivity index (χ0n) is 11.9. The Kier molecular flexibility index (Phi) is 6.48. The van der Waals surface area contributed by atoms with Gasteiger partial charge in [-0.2, -0.15) is 0 Å². The van der Waals surface area contributed by atoms with E-state index in [0.29, 0.717) is 0 Å². The number of hydrogen-bond acceptors (Lipinski definition) is 3. The molecule has 2 N–H and O–H groups in total. The first-order valence-electron chi connectivity index (χ1n) is 6.69. The smallest absolute Gasteiger partial charge is 0.216 e. The van der Waals surface area contributed by atoms with E-state index >= 15 is 0 Å². The van der Waals surface area contributed by atoms with E-state index in [9.17, 15) is 8.42 Å². The van der Waals surface area contributed by atoms with Crippen molar-refractivity contribution in [3.05, 3.63) is 35.4 Å². The number of benzene rings is 1. The van der Waals surface area contributed by atoms with Crippen LogP contribution in [0.2, 0.25) is 0 Å². The molecule has 0 bridgehead atoms. The molecule has 0 aliphatic heterocycles. The molecule has 108 valence electrons. The maximum atomic E-state index is 12.0. The van der Waals surface area contributed by atoms with Gasteiger partial charge in [0.15, 0.2) is 0 Å². The Labute approximate surface area is 116 Å². The van der Waals surface area contributed by atoms with E-state index < -0.39 is 10.0 Å². The van der Waals surface area contributed by atoms with Gasteiger partial charge in [-0.05, 0) is 31.5 Å². The Morgan fingerprint density at radius 3 is 2.58 bits per heavy atom. The summed E-state index contributed by atoms with van der Waals surface area (Å²) < 4.78 is 26.8. The van der Waals surface area contributed by atoms with Crippen LogP contribution in [0.5, 0.6) is 0 Å². The molecule has 1 atom stereocenters. The van der Waals surface area contributed by atoms with Crippen molar-refractivity contribution >= 4 is 10.0 Å². The van der Waals surface area contributed by atoms with Crippen molar-refractivity contribution in [1.29, 1.82) is 0 Å². The fourth-order valence-electron chi connectivity index (χ4n) is 2.09. The van der Waals surface area contributed by atoms with Crippen molar-refractivity contribution in [2.24, 2.45) is 0 Å². The SMILES string of the molecule is CCCC(C)NS(=O)(=O)Cc1cccc(CNC)c1. The highest BCUT2D eigenvalue weighted by Crippen LogP contribution is 2.09. The second kappa shape index (κ2) is 7.62. The molecular formula is C14H24N2O2S. The maximum Gasteiger partial charge on any atom is 0.216 e. The average molecular weight is 284 g/mol. The highest BCUT2D eigenvalue weighted by Gasteiger charge is 2.14. The molecule has 5 heteroatoms. The standard InChI is InChI=1S/C14H24N2O2S/c1-4-6-12(2)16-19(17,18)11-14-8-5-7-13(9-14)10-15-3/h5,7-9,12,15-16H,4,6,10-11H2,1-3H3.